The van der Waals surface area contributed by atoms with E-state index in [0.717, 1.165) is 0 Å². The number of rotatable bonds is 0. The third-order valence-electron chi connectivity index (χ3n) is 8.07. The molecule has 0 aromatic heterocycles. The van der Waals surface area contributed by atoms with Gasteiger partial charge in [0, 0.05) is 48.7 Å². The fraction of sp³-hybridized carbons (Fsp3) is 0.241. The summed E-state index contributed by atoms with van der Waals surface area (Å²) in [4.78, 5) is 9.74. The fourth-order valence-electron chi connectivity index (χ4n) is 6.22. The first-order valence-electron chi connectivity index (χ1n) is 11.8. The van der Waals surface area contributed by atoms with Crippen LogP contribution in [0.2, 0.25) is 0 Å². The third kappa shape index (κ3) is 2.21. The molecule has 33 heavy (non-hydrogen) atoms. The molecule has 2 atom stereocenters. The predicted molar refractivity (Wildman–Crippen MR) is 137 cm³/mol. The monoisotopic (exact) mass is 432 g/mol. The Hall–Kier alpha value is -3.66. The molecule has 4 aliphatic rings. The van der Waals surface area contributed by atoms with E-state index in [2.05, 4.69) is 121 Å². The smallest absolute Gasteiger partial charge is 0.103 e. The van der Waals surface area contributed by atoms with E-state index in [9.17, 15) is 0 Å². The van der Waals surface area contributed by atoms with Gasteiger partial charge in [0.05, 0.1) is 22.8 Å². The SMILES string of the molecule is Cc1c2c(cc3c1N1C(=CN(C)[C@@H]1C)c1ccccc1-3)-c1ccccc1C1=CN(C)[C@@H](C)N12. The number of hydrogen-bond donors (Lipinski definition) is 0. The molecular formula is C29H28N4. The second kappa shape index (κ2) is 6.22. The zero-order valence-electron chi connectivity index (χ0n) is 19.8. The van der Waals surface area contributed by atoms with E-state index in [1.807, 2.05) is 0 Å². The van der Waals surface area contributed by atoms with E-state index in [-0.39, 0.29) is 12.3 Å². The highest BCUT2D eigenvalue weighted by molar-refractivity contribution is 6.09. The Bertz CT molecular complexity index is 1310. The maximum atomic E-state index is 2.54. The Morgan fingerprint density at radius 1 is 0.576 bits per heavy atom. The van der Waals surface area contributed by atoms with Crippen molar-refractivity contribution in [3.05, 3.63) is 83.7 Å². The standard InChI is InChI=1S/C29H28N4/c1-17-28-24(20-10-6-8-12-22(20)26-15-30(4)18(2)32(26)28)14-25-21-11-7-9-13-23(21)27-16-31(5)19(3)33(27)29(17)25/h6-16,18-19H,1-5H3/t18-,19+. The van der Waals surface area contributed by atoms with Crippen LogP contribution in [0.3, 0.4) is 0 Å². The van der Waals surface area contributed by atoms with Crippen molar-refractivity contribution < 1.29 is 0 Å². The molecule has 0 N–H and O–H groups in total. The fourth-order valence-corrected chi connectivity index (χ4v) is 6.22. The molecule has 4 aliphatic heterocycles. The number of nitrogens with zero attached hydrogens (tertiary/aromatic N) is 4. The van der Waals surface area contributed by atoms with Crippen LogP contribution in [0.25, 0.3) is 33.6 Å². The van der Waals surface area contributed by atoms with Gasteiger partial charge in [0.2, 0.25) is 0 Å². The average Bonchev–Trinajstić information content (AvgIpc) is 3.29. The van der Waals surface area contributed by atoms with Gasteiger partial charge in [-0.3, -0.25) is 0 Å². The highest BCUT2D eigenvalue weighted by atomic mass is 15.4. The second-order valence-electron chi connectivity index (χ2n) is 9.75. The minimum atomic E-state index is 0.272. The van der Waals surface area contributed by atoms with E-state index in [4.69, 9.17) is 0 Å². The van der Waals surface area contributed by atoms with Gasteiger partial charge in [-0.1, -0.05) is 48.5 Å². The summed E-state index contributed by atoms with van der Waals surface area (Å²) in [6.45, 7) is 6.92. The summed E-state index contributed by atoms with van der Waals surface area (Å²) in [5.41, 5.74) is 14.6. The van der Waals surface area contributed by atoms with Crippen molar-refractivity contribution >= 4 is 22.8 Å². The highest BCUT2D eigenvalue weighted by Gasteiger charge is 2.42. The number of fused-ring (bicyclic) bond motifs is 12. The van der Waals surface area contributed by atoms with Gasteiger partial charge < -0.3 is 19.6 Å². The van der Waals surface area contributed by atoms with E-state index in [1.54, 1.807) is 0 Å². The van der Waals surface area contributed by atoms with Crippen molar-refractivity contribution in [2.24, 2.45) is 0 Å². The molecule has 4 heterocycles. The van der Waals surface area contributed by atoms with Crippen LogP contribution in [0.15, 0.2) is 67.0 Å². The van der Waals surface area contributed by atoms with Gasteiger partial charge in [0.1, 0.15) is 12.3 Å². The van der Waals surface area contributed by atoms with Crippen LogP contribution in [0.4, 0.5) is 11.4 Å². The lowest BCUT2D eigenvalue weighted by Gasteiger charge is -2.42. The molecule has 4 heteroatoms. The molecule has 0 radical (unpaired) electrons. The van der Waals surface area contributed by atoms with Crippen molar-refractivity contribution in [3.63, 3.8) is 0 Å². The number of anilines is 2. The summed E-state index contributed by atoms with van der Waals surface area (Å²) in [5, 5.41) is 0. The molecule has 0 saturated carbocycles. The summed E-state index contributed by atoms with van der Waals surface area (Å²) in [7, 11) is 4.36. The normalized spacial score (nSPS) is 21.6. The van der Waals surface area contributed by atoms with Crippen molar-refractivity contribution in [3.8, 4) is 22.3 Å². The lowest BCUT2D eigenvalue weighted by atomic mass is 9.82. The van der Waals surface area contributed by atoms with E-state index < -0.39 is 0 Å². The molecule has 164 valence electrons. The van der Waals surface area contributed by atoms with Gasteiger partial charge >= 0.3 is 0 Å². The molecule has 7 rings (SSSR count). The molecule has 0 bridgehead atoms. The molecule has 0 saturated heterocycles. The summed E-state index contributed by atoms with van der Waals surface area (Å²) in [5.74, 6) is 0. The van der Waals surface area contributed by atoms with E-state index in [1.165, 1.54) is 61.7 Å². The lowest BCUT2D eigenvalue weighted by Crippen LogP contribution is -2.39. The zero-order valence-corrected chi connectivity index (χ0v) is 19.8. The lowest BCUT2D eigenvalue weighted by molar-refractivity contribution is 0.381. The van der Waals surface area contributed by atoms with Crippen LogP contribution in [0.1, 0.15) is 30.5 Å². The van der Waals surface area contributed by atoms with Gasteiger partial charge in [-0.15, -0.1) is 0 Å². The molecule has 3 aromatic carbocycles. The molecule has 4 nitrogen and oxygen atoms in total. The molecule has 0 unspecified atom stereocenters. The molecule has 0 aliphatic carbocycles. The quantitative estimate of drug-likeness (QED) is 0.422. The largest absolute Gasteiger partial charge is 0.358 e. The van der Waals surface area contributed by atoms with Gasteiger partial charge in [0.15, 0.2) is 0 Å². The zero-order chi connectivity index (χ0) is 22.6. The maximum absolute atomic E-state index is 2.54. The van der Waals surface area contributed by atoms with Crippen LogP contribution < -0.4 is 9.80 Å². The third-order valence-corrected chi connectivity index (χ3v) is 8.07. The van der Waals surface area contributed by atoms with E-state index in [0.29, 0.717) is 0 Å². The molecule has 3 aromatic rings. The molecule has 0 spiro atoms. The van der Waals surface area contributed by atoms with Crippen LogP contribution >= 0.6 is 0 Å². The summed E-state index contributed by atoms with van der Waals surface area (Å²) < 4.78 is 0. The van der Waals surface area contributed by atoms with Crippen LogP contribution in [0, 0.1) is 6.92 Å². The highest BCUT2D eigenvalue weighted by Crippen LogP contribution is 2.57. The minimum absolute atomic E-state index is 0.272. The maximum Gasteiger partial charge on any atom is 0.103 e. The predicted octanol–water partition coefficient (Wildman–Crippen LogP) is 6.15. The Kier molecular flexibility index (Phi) is 3.56. The van der Waals surface area contributed by atoms with Crippen molar-refractivity contribution in [1.29, 1.82) is 0 Å². The summed E-state index contributed by atoms with van der Waals surface area (Å²) >= 11 is 0. The van der Waals surface area contributed by atoms with Crippen molar-refractivity contribution in [2.45, 2.75) is 33.1 Å². The van der Waals surface area contributed by atoms with Crippen molar-refractivity contribution in [1.82, 2.24) is 9.80 Å². The molecule has 0 amide bonds. The summed E-state index contributed by atoms with van der Waals surface area (Å²) in [6.07, 6.45) is 5.15. The Morgan fingerprint density at radius 3 is 1.39 bits per heavy atom. The molecule has 0 fully saturated rings. The van der Waals surface area contributed by atoms with Crippen molar-refractivity contribution in [2.75, 3.05) is 23.9 Å². The molecular weight excluding hydrogens is 404 g/mol. The Morgan fingerprint density at radius 2 is 0.970 bits per heavy atom. The Labute approximate surface area is 195 Å². The first-order chi connectivity index (χ1) is 16.0. The van der Waals surface area contributed by atoms with Crippen LogP contribution in [-0.4, -0.2) is 36.2 Å². The number of benzene rings is 3. The minimum Gasteiger partial charge on any atom is -0.358 e. The summed E-state index contributed by atoms with van der Waals surface area (Å²) in [6, 6.07) is 20.2. The van der Waals surface area contributed by atoms with E-state index >= 15 is 0 Å². The van der Waals surface area contributed by atoms with Crippen LogP contribution in [-0.2, 0) is 0 Å². The average molecular weight is 433 g/mol. The van der Waals surface area contributed by atoms with Gasteiger partial charge in [-0.05, 0) is 43.5 Å². The Balaban J connectivity index is 1.60. The first kappa shape index (κ1) is 18.9. The van der Waals surface area contributed by atoms with Crippen LogP contribution in [0.5, 0.6) is 0 Å². The topological polar surface area (TPSA) is 13.0 Å². The van der Waals surface area contributed by atoms with Gasteiger partial charge in [-0.25, -0.2) is 0 Å². The van der Waals surface area contributed by atoms with Gasteiger partial charge in [0.25, 0.3) is 0 Å². The first-order valence-corrected chi connectivity index (χ1v) is 11.8. The van der Waals surface area contributed by atoms with Gasteiger partial charge in [-0.2, -0.15) is 0 Å². The number of hydrogen-bond acceptors (Lipinski definition) is 4. The second-order valence-corrected chi connectivity index (χ2v) is 9.75.